The van der Waals surface area contributed by atoms with E-state index in [1.165, 1.54) is 35.1 Å². The lowest BCUT2D eigenvalue weighted by Crippen LogP contribution is -2.16. The van der Waals surface area contributed by atoms with Gasteiger partial charge < -0.3 is 5.32 Å². The van der Waals surface area contributed by atoms with Crippen LogP contribution in [0.1, 0.15) is 35.1 Å². The molecule has 0 unspecified atom stereocenters. The number of aromatic nitrogens is 1. The summed E-state index contributed by atoms with van der Waals surface area (Å²) in [5.74, 6) is 0. The van der Waals surface area contributed by atoms with Crippen molar-refractivity contribution in [2.24, 2.45) is 0 Å². The number of hydrogen-bond donors (Lipinski definition) is 1. The molecule has 1 saturated carbocycles. The Morgan fingerprint density at radius 3 is 2.63 bits per heavy atom. The molecule has 98 valence electrons. The van der Waals surface area contributed by atoms with Gasteiger partial charge in [-0.15, -0.1) is 0 Å². The predicted octanol–water partition coefficient (Wildman–Crippen LogP) is 3.23. The third-order valence-corrected chi connectivity index (χ3v) is 3.66. The zero-order chi connectivity index (χ0) is 13.1. The van der Waals surface area contributed by atoms with E-state index in [4.69, 9.17) is 0 Å². The average Bonchev–Trinajstić information content (AvgIpc) is 3.23. The zero-order valence-corrected chi connectivity index (χ0v) is 11.4. The molecule has 2 aromatic rings. The summed E-state index contributed by atoms with van der Waals surface area (Å²) in [7, 11) is 0. The Morgan fingerprint density at radius 2 is 1.89 bits per heavy atom. The summed E-state index contributed by atoms with van der Waals surface area (Å²) in [6, 6.07) is 11.7. The number of aryl methyl sites for hydroxylation is 1. The van der Waals surface area contributed by atoms with Crippen LogP contribution in [0.5, 0.6) is 0 Å². The van der Waals surface area contributed by atoms with Crippen LogP contribution in [0.2, 0.25) is 0 Å². The highest BCUT2D eigenvalue weighted by molar-refractivity contribution is 5.35. The van der Waals surface area contributed by atoms with Crippen LogP contribution in [-0.4, -0.2) is 11.0 Å². The molecule has 1 aliphatic carbocycles. The maximum Gasteiger partial charge on any atom is 0.0270 e. The Morgan fingerprint density at radius 1 is 1.11 bits per heavy atom. The molecule has 2 heteroatoms. The number of benzene rings is 1. The molecule has 1 heterocycles. The molecular formula is C17H20N2. The first-order chi connectivity index (χ1) is 9.31. The molecule has 3 rings (SSSR count). The van der Waals surface area contributed by atoms with E-state index < -0.39 is 0 Å². The van der Waals surface area contributed by atoms with Gasteiger partial charge in [-0.2, -0.15) is 0 Å². The van der Waals surface area contributed by atoms with Crippen molar-refractivity contribution in [3.05, 3.63) is 65.0 Å². The molecule has 0 atom stereocenters. The van der Waals surface area contributed by atoms with Crippen LogP contribution in [0.25, 0.3) is 0 Å². The van der Waals surface area contributed by atoms with Crippen LogP contribution < -0.4 is 5.32 Å². The highest BCUT2D eigenvalue weighted by atomic mass is 14.9. The molecule has 0 spiro atoms. The first kappa shape index (κ1) is 12.4. The first-order valence-electron chi connectivity index (χ1n) is 7.02. The summed E-state index contributed by atoms with van der Waals surface area (Å²) in [6.07, 6.45) is 7.41. The summed E-state index contributed by atoms with van der Waals surface area (Å²) >= 11 is 0. The predicted molar refractivity (Wildman–Crippen MR) is 78.1 cm³/mol. The Balaban J connectivity index is 1.78. The van der Waals surface area contributed by atoms with Gasteiger partial charge in [-0.1, -0.05) is 23.8 Å². The fourth-order valence-corrected chi connectivity index (χ4v) is 2.35. The smallest absolute Gasteiger partial charge is 0.0270 e. The van der Waals surface area contributed by atoms with Gasteiger partial charge in [0, 0.05) is 25.0 Å². The molecule has 1 aromatic heterocycles. The van der Waals surface area contributed by atoms with E-state index in [0.29, 0.717) is 0 Å². The SMILES string of the molecule is Cc1ccc(CNC2CC2)c(Cc2ccncc2)c1. The van der Waals surface area contributed by atoms with E-state index in [1.807, 2.05) is 12.4 Å². The van der Waals surface area contributed by atoms with Gasteiger partial charge in [-0.25, -0.2) is 0 Å². The summed E-state index contributed by atoms with van der Waals surface area (Å²) < 4.78 is 0. The molecule has 1 aliphatic rings. The largest absolute Gasteiger partial charge is 0.310 e. The van der Waals surface area contributed by atoms with Gasteiger partial charge in [0.2, 0.25) is 0 Å². The molecule has 0 saturated heterocycles. The van der Waals surface area contributed by atoms with Crippen molar-refractivity contribution < 1.29 is 0 Å². The number of nitrogens with one attached hydrogen (secondary N) is 1. The van der Waals surface area contributed by atoms with Gasteiger partial charge in [0.15, 0.2) is 0 Å². The van der Waals surface area contributed by atoms with Gasteiger partial charge in [-0.05, 0) is 55.0 Å². The minimum absolute atomic E-state index is 0.759. The normalized spacial score (nSPS) is 14.6. The lowest BCUT2D eigenvalue weighted by Gasteiger charge is -2.11. The summed E-state index contributed by atoms with van der Waals surface area (Å²) in [6.45, 7) is 3.15. The van der Waals surface area contributed by atoms with Crippen molar-refractivity contribution >= 4 is 0 Å². The molecule has 1 fully saturated rings. The van der Waals surface area contributed by atoms with Gasteiger partial charge in [0.1, 0.15) is 0 Å². The third-order valence-electron chi connectivity index (χ3n) is 3.66. The summed E-state index contributed by atoms with van der Waals surface area (Å²) in [5, 5.41) is 3.61. The van der Waals surface area contributed by atoms with E-state index in [-0.39, 0.29) is 0 Å². The topological polar surface area (TPSA) is 24.9 Å². The van der Waals surface area contributed by atoms with E-state index >= 15 is 0 Å². The molecule has 19 heavy (non-hydrogen) atoms. The van der Waals surface area contributed by atoms with Crippen LogP contribution in [0.15, 0.2) is 42.7 Å². The van der Waals surface area contributed by atoms with Gasteiger partial charge in [-0.3, -0.25) is 4.98 Å². The minimum atomic E-state index is 0.759. The lowest BCUT2D eigenvalue weighted by molar-refractivity contribution is 0.683. The van der Waals surface area contributed by atoms with E-state index in [9.17, 15) is 0 Å². The molecule has 0 amide bonds. The number of pyridine rings is 1. The van der Waals surface area contributed by atoms with Gasteiger partial charge in [0.05, 0.1) is 0 Å². The van der Waals surface area contributed by atoms with Crippen LogP contribution in [0.4, 0.5) is 0 Å². The van der Waals surface area contributed by atoms with Crippen molar-refractivity contribution in [3.63, 3.8) is 0 Å². The van der Waals surface area contributed by atoms with E-state index in [2.05, 4.69) is 47.6 Å². The Bertz CT molecular complexity index is 544. The molecular weight excluding hydrogens is 232 g/mol. The standard InChI is InChI=1S/C17H20N2/c1-13-2-3-15(12-19-17-4-5-17)16(10-13)11-14-6-8-18-9-7-14/h2-3,6-10,17,19H,4-5,11-12H2,1H3. The van der Waals surface area contributed by atoms with Crippen molar-refractivity contribution in [1.29, 1.82) is 0 Å². The molecule has 1 N–H and O–H groups in total. The molecule has 2 nitrogen and oxygen atoms in total. The van der Waals surface area contributed by atoms with Crippen LogP contribution in [0.3, 0.4) is 0 Å². The number of rotatable bonds is 5. The highest BCUT2D eigenvalue weighted by Crippen LogP contribution is 2.21. The Kier molecular flexibility index (Phi) is 3.60. The highest BCUT2D eigenvalue weighted by Gasteiger charge is 2.20. The van der Waals surface area contributed by atoms with Crippen molar-refractivity contribution in [2.75, 3.05) is 0 Å². The summed E-state index contributed by atoms with van der Waals surface area (Å²) in [5.41, 5.74) is 5.51. The Hall–Kier alpha value is -1.67. The fraction of sp³-hybridized carbons (Fsp3) is 0.353. The molecule has 0 aliphatic heterocycles. The third kappa shape index (κ3) is 3.42. The first-order valence-corrected chi connectivity index (χ1v) is 7.02. The molecule has 0 radical (unpaired) electrons. The average molecular weight is 252 g/mol. The second-order valence-corrected chi connectivity index (χ2v) is 5.46. The van der Waals surface area contributed by atoms with Crippen molar-refractivity contribution in [3.8, 4) is 0 Å². The fourth-order valence-electron chi connectivity index (χ4n) is 2.35. The van der Waals surface area contributed by atoms with Crippen LogP contribution in [-0.2, 0) is 13.0 Å². The second kappa shape index (κ2) is 5.54. The quantitative estimate of drug-likeness (QED) is 0.883. The molecule has 1 aromatic carbocycles. The van der Waals surface area contributed by atoms with Crippen molar-refractivity contribution in [2.45, 2.75) is 38.8 Å². The number of hydrogen-bond acceptors (Lipinski definition) is 2. The Labute approximate surface area is 114 Å². The number of nitrogens with zero attached hydrogens (tertiary/aromatic N) is 1. The lowest BCUT2D eigenvalue weighted by atomic mass is 9.98. The molecule has 0 bridgehead atoms. The van der Waals surface area contributed by atoms with Gasteiger partial charge >= 0.3 is 0 Å². The summed E-state index contributed by atoms with van der Waals surface area (Å²) in [4.78, 5) is 4.08. The van der Waals surface area contributed by atoms with Crippen LogP contribution >= 0.6 is 0 Å². The maximum atomic E-state index is 4.08. The van der Waals surface area contributed by atoms with Crippen LogP contribution in [0, 0.1) is 6.92 Å². The zero-order valence-electron chi connectivity index (χ0n) is 11.4. The van der Waals surface area contributed by atoms with Crippen molar-refractivity contribution in [1.82, 2.24) is 10.3 Å². The van der Waals surface area contributed by atoms with E-state index in [0.717, 1.165) is 19.0 Å². The maximum absolute atomic E-state index is 4.08. The second-order valence-electron chi connectivity index (χ2n) is 5.46. The van der Waals surface area contributed by atoms with Gasteiger partial charge in [0.25, 0.3) is 0 Å². The minimum Gasteiger partial charge on any atom is -0.310 e. The van der Waals surface area contributed by atoms with E-state index in [1.54, 1.807) is 0 Å². The monoisotopic (exact) mass is 252 g/mol.